The second-order valence-corrected chi connectivity index (χ2v) is 7.42. The molecule has 0 aromatic carbocycles. The second-order valence-electron chi connectivity index (χ2n) is 7.42. The van der Waals surface area contributed by atoms with Gasteiger partial charge in [-0.3, -0.25) is 9.69 Å². The number of piperidine rings is 1. The molecule has 0 aromatic rings. The fourth-order valence-corrected chi connectivity index (χ4v) is 4.25. The van der Waals surface area contributed by atoms with Crippen molar-refractivity contribution in [3.8, 4) is 0 Å². The van der Waals surface area contributed by atoms with Crippen LogP contribution in [0.25, 0.3) is 0 Å². The third kappa shape index (κ3) is 3.08. The minimum absolute atomic E-state index is 0.0972. The average Bonchev–Trinajstić information content (AvgIpc) is 2.34. The number of amides is 1. The Morgan fingerprint density at radius 2 is 1.76 bits per heavy atom. The molecule has 3 aliphatic rings. The van der Waals surface area contributed by atoms with Crippen molar-refractivity contribution in [2.45, 2.75) is 76.4 Å². The summed E-state index contributed by atoms with van der Waals surface area (Å²) in [6.45, 7) is 6.29. The number of hydrogen-bond acceptors (Lipinski definition) is 2. The highest BCUT2D eigenvalue weighted by Gasteiger charge is 2.47. The van der Waals surface area contributed by atoms with Crippen molar-refractivity contribution < 1.29 is 13.6 Å². The van der Waals surface area contributed by atoms with Crippen LogP contribution in [-0.2, 0) is 4.79 Å². The summed E-state index contributed by atoms with van der Waals surface area (Å²) in [5.74, 6) is -2.50. The molecule has 2 atom stereocenters. The van der Waals surface area contributed by atoms with Gasteiger partial charge in [-0.1, -0.05) is 0 Å². The third-order valence-electron chi connectivity index (χ3n) is 5.41. The molecule has 0 spiro atoms. The lowest BCUT2D eigenvalue weighted by Gasteiger charge is -2.52. The number of fused-ring (bicyclic) bond motifs is 2. The topological polar surface area (TPSA) is 23.6 Å². The van der Waals surface area contributed by atoms with Crippen molar-refractivity contribution in [2.75, 3.05) is 13.1 Å². The Kier molecular flexibility index (Phi) is 3.97. The van der Waals surface area contributed by atoms with Crippen molar-refractivity contribution in [3.63, 3.8) is 0 Å². The van der Waals surface area contributed by atoms with Crippen LogP contribution in [0.5, 0.6) is 0 Å². The van der Waals surface area contributed by atoms with E-state index in [2.05, 4.69) is 23.6 Å². The van der Waals surface area contributed by atoms with Gasteiger partial charge in [-0.15, -0.1) is 0 Å². The number of hydrogen-bond donors (Lipinski definition) is 0. The van der Waals surface area contributed by atoms with E-state index in [4.69, 9.17) is 0 Å². The number of carbonyl (C=O) groups is 1. The minimum Gasteiger partial charge on any atom is -0.334 e. The molecule has 0 aromatic heterocycles. The van der Waals surface area contributed by atoms with Crippen LogP contribution in [0.15, 0.2) is 0 Å². The second kappa shape index (κ2) is 5.49. The Morgan fingerprint density at radius 1 is 1.19 bits per heavy atom. The first-order valence-corrected chi connectivity index (χ1v) is 8.29. The number of alkyl halides is 2. The summed E-state index contributed by atoms with van der Waals surface area (Å²) in [4.78, 5) is 17.1. The standard InChI is InChI=1S/C16H26F2N2O/c1-11(2)19-9-13-4-3-5-14(10-19)20(13)15(21)6-12-7-16(17,18)8-12/h11-14H,3-10H2,1-2H3. The lowest BCUT2D eigenvalue weighted by Crippen LogP contribution is -2.63. The maximum Gasteiger partial charge on any atom is 0.248 e. The minimum atomic E-state index is -2.52. The fraction of sp³-hybridized carbons (Fsp3) is 0.938. The van der Waals surface area contributed by atoms with Gasteiger partial charge >= 0.3 is 0 Å². The molecule has 0 N–H and O–H groups in total. The molecule has 2 heterocycles. The molecular formula is C16H26F2N2O. The van der Waals surface area contributed by atoms with Crippen LogP contribution in [-0.4, -0.2) is 52.8 Å². The summed E-state index contributed by atoms with van der Waals surface area (Å²) in [7, 11) is 0. The van der Waals surface area contributed by atoms with E-state index >= 15 is 0 Å². The fourth-order valence-electron chi connectivity index (χ4n) is 4.25. The van der Waals surface area contributed by atoms with Gasteiger partial charge in [-0.2, -0.15) is 0 Å². The molecule has 2 saturated heterocycles. The molecule has 5 heteroatoms. The van der Waals surface area contributed by atoms with E-state index in [9.17, 15) is 13.6 Å². The zero-order valence-corrected chi connectivity index (χ0v) is 13.0. The van der Waals surface area contributed by atoms with Crippen LogP contribution >= 0.6 is 0 Å². The van der Waals surface area contributed by atoms with Crippen LogP contribution < -0.4 is 0 Å². The lowest BCUT2D eigenvalue weighted by molar-refractivity contribution is -0.152. The quantitative estimate of drug-likeness (QED) is 0.800. The molecule has 120 valence electrons. The Morgan fingerprint density at radius 3 is 2.24 bits per heavy atom. The zero-order chi connectivity index (χ0) is 15.2. The smallest absolute Gasteiger partial charge is 0.248 e. The third-order valence-corrected chi connectivity index (χ3v) is 5.41. The van der Waals surface area contributed by atoms with Gasteiger partial charge in [-0.25, -0.2) is 8.78 Å². The Bertz CT molecular complexity index is 391. The van der Waals surface area contributed by atoms with E-state index in [0.29, 0.717) is 24.5 Å². The van der Waals surface area contributed by atoms with E-state index < -0.39 is 5.92 Å². The van der Waals surface area contributed by atoms with E-state index in [1.54, 1.807) is 0 Å². The SMILES string of the molecule is CC(C)N1CC2CCCC(C1)N2C(=O)CC1CC(F)(F)C1. The van der Waals surface area contributed by atoms with Crippen LogP contribution in [0.3, 0.4) is 0 Å². The van der Waals surface area contributed by atoms with Crippen LogP contribution in [0.1, 0.15) is 52.4 Å². The van der Waals surface area contributed by atoms with Crippen molar-refractivity contribution in [1.82, 2.24) is 9.80 Å². The average molecular weight is 300 g/mol. The van der Waals surface area contributed by atoms with E-state index in [1.165, 1.54) is 6.42 Å². The van der Waals surface area contributed by atoms with Crippen LogP contribution in [0, 0.1) is 5.92 Å². The predicted molar refractivity (Wildman–Crippen MR) is 77.3 cm³/mol. The number of likely N-dealkylation sites (tertiary alicyclic amines) is 1. The maximum absolute atomic E-state index is 12.9. The molecule has 2 bridgehead atoms. The first-order valence-electron chi connectivity index (χ1n) is 8.29. The predicted octanol–water partition coefficient (Wildman–Crippen LogP) is 2.90. The highest BCUT2D eigenvalue weighted by molar-refractivity contribution is 5.77. The molecule has 21 heavy (non-hydrogen) atoms. The highest BCUT2D eigenvalue weighted by Crippen LogP contribution is 2.44. The van der Waals surface area contributed by atoms with Gasteiger partial charge in [0.15, 0.2) is 0 Å². The number of piperazine rings is 1. The molecule has 3 fully saturated rings. The van der Waals surface area contributed by atoms with Gasteiger partial charge in [0.1, 0.15) is 0 Å². The number of halogens is 2. The molecule has 2 aliphatic heterocycles. The Balaban J connectivity index is 1.61. The number of nitrogens with zero attached hydrogens (tertiary/aromatic N) is 2. The molecule has 1 aliphatic carbocycles. The van der Waals surface area contributed by atoms with Crippen molar-refractivity contribution >= 4 is 5.91 Å². The van der Waals surface area contributed by atoms with Crippen molar-refractivity contribution in [2.24, 2.45) is 5.92 Å². The molecular weight excluding hydrogens is 274 g/mol. The molecule has 0 radical (unpaired) electrons. The summed E-state index contributed by atoms with van der Waals surface area (Å²) in [6.07, 6.45) is 3.44. The van der Waals surface area contributed by atoms with Gasteiger partial charge in [0.05, 0.1) is 0 Å². The maximum atomic E-state index is 12.9. The van der Waals surface area contributed by atoms with Crippen molar-refractivity contribution in [1.29, 1.82) is 0 Å². The van der Waals surface area contributed by atoms with E-state index in [1.807, 2.05) is 0 Å². The normalized spacial score (nSPS) is 33.1. The van der Waals surface area contributed by atoms with Gasteiger partial charge in [0.25, 0.3) is 0 Å². The highest BCUT2D eigenvalue weighted by atomic mass is 19.3. The molecule has 3 rings (SSSR count). The first-order chi connectivity index (χ1) is 9.85. The van der Waals surface area contributed by atoms with Gasteiger partial charge in [0.2, 0.25) is 11.8 Å². The number of rotatable bonds is 3. The molecule has 1 amide bonds. The largest absolute Gasteiger partial charge is 0.334 e. The monoisotopic (exact) mass is 300 g/mol. The van der Waals surface area contributed by atoms with Crippen molar-refractivity contribution in [3.05, 3.63) is 0 Å². The van der Waals surface area contributed by atoms with Gasteiger partial charge < -0.3 is 4.90 Å². The number of carbonyl (C=O) groups excluding carboxylic acids is 1. The summed E-state index contributed by atoms with van der Waals surface area (Å²) in [5.41, 5.74) is 0. The molecule has 2 unspecified atom stereocenters. The Hall–Kier alpha value is -0.710. The van der Waals surface area contributed by atoms with Gasteiger partial charge in [0, 0.05) is 50.5 Å². The summed E-state index contributed by atoms with van der Waals surface area (Å²) >= 11 is 0. The lowest BCUT2D eigenvalue weighted by atomic mass is 9.78. The molecule has 3 nitrogen and oxygen atoms in total. The molecule has 1 saturated carbocycles. The van der Waals surface area contributed by atoms with Gasteiger partial charge in [-0.05, 0) is 39.0 Å². The van der Waals surface area contributed by atoms with E-state index in [-0.39, 0.29) is 24.7 Å². The first kappa shape index (κ1) is 15.2. The van der Waals surface area contributed by atoms with E-state index in [0.717, 1.165) is 25.9 Å². The van der Waals surface area contributed by atoms with Crippen LogP contribution in [0.4, 0.5) is 8.78 Å². The zero-order valence-electron chi connectivity index (χ0n) is 13.0. The summed E-state index contributed by atoms with van der Waals surface area (Å²) in [6, 6.07) is 1.11. The van der Waals surface area contributed by atoms with Crippen LogP contribution in [0.2, 0.25) is 0 Å². The Labute approximate surface area is 125 Å². The summed E-state index contributed by atoms with van der Waals surface area (Å²) in [5, 5.41) is 0. The summed E-state index contributed by atoms with van der Waals surface area (Å²) < 4.78 is 25.8.